The van der Waals surface area contributed by atoms with Crippen molar-refractivity contribution >= 4 is 17.0 Å². The third-order valence-corrected chi connectivity index (χ3v) is 4.75. The van der Waals surface area contributed by atoms with Gasteiger partial charge < -0.3 is 10.6 Å². The second kappa shape index (κ2) is 5.54. The van der Waals surface area contributed by atoms with Crippen LogP contribution in [0.2, 0.25) is 0 Å². The number of hydrogen-bond donors (Lipinski definition) is 1. The van der Waals surface area contributed by atoms with Crippen molar-refractivity contribution in [3.63, 3.8) is 0 Å². The molecule has 0 bridgehead atoms. The summed E-state index contributed by atoms with van der Waals surface area (Å²) in [6, 6.07) is 7.30. The number of nitrogens with zero attached hydrogens (tertiary/aromatic N) is 1. The summed E-state index contributed by atoms with van der Waals surface area (Å²) >= 11 is 1.83. The minimum Gasteiger partial charge on any atom is -0.367 e. The monoisotopic (exact) mass is 290 g/mol. The Hall–Kier alpha value is -1.39. The van der Waals surface area contributed by atoms with Gasteiger partial charge in [-0.3, -0.25) is 0 Å². The molecule has 2 nitrogen and oxygen atoms in total. The fourth-order valence-corrected chi connectivity index (χ4v) is 3.72. The Kier molecular flexibility index (Phi) is 3.76. The van der Waals surface area contributed by atoms with E-state index in [1.54, 1.807) is 12.1 Å². The summed E-state index contributed by atoms with van der Waals surface area (Å²) in [5, 5.41) is 2.15. The van der Waals surface area contributed by atoms with Gasteiger partial charge in [0, 0.05) is 29.7 Å². The van der Waals surface area contributed by atoms with Crippen LogP contribution in [-0.4, -0.2) is 12.6 Å². The molecule has 3 rings (SSSR count). The van der Waals surface area contributed by atoms with Crippen molar-refractivity contribution in [3.8, 4) is 0 Å². The fraction of sp³-hybridized carbons (Fsp3) is 0.375. The molecule has 1 aromatic heterocycles. The number of anilines is 1. The van der Waals surface area contributed by atoms with E-state index in [1.807, 2.05) is 24.3 Å². The maximum atomic E-state index is 13.5. The summed E-state index contributed by atoms with van der Waals surface area (Å²) in [7, 11) is 0. The highest BCUT2D eigenvalue weighted by molar-refractivity contribution is 7.10. The number of hydrogen-bond acceptors (Lipinski definition) is 3. The van der Waals surface area contributed by atoms with Crippen LogP contribution in [0.25, 0.3) is 0 Å². The molecule has 2 N–H and O–H groups in total. The van der Waals surface area contributed by atoms with E-state index in [9.17, 15) is 4.39 Å². The first kappa shape index (κ1) is 13.6. The van der Waals surface area contributed by atoms with Gasteiger partial charge in [0.2, 0.25) is 0 Å². The third-order valence-electron chi connectivity index (χ3n) is 3.73. The van der Waals surface area contributed by atoms with Crippen LogP contribution in [-0.2, 0) is 19.4 Å². The van der Waals surface area contributed by atoms with Gasteiger partial charge in [0.15, 0.2) is 0 Å². The zero-order chi connectivity index (χ0) is 14.1. The van der Waals surface area contributed by atoms with Gasteiger partial charge >= 0.3 is 0 Å². The van der Waals surface area contributed by atoms with Crippen LogP contribution in [0, 0.1) is 5.82 Å². The summed E-state index contributed by atoms with van der Waals surface area (Å²) < 4.78 is 13.5. The molecule has 0 spiro atoms. The van der Waals surface area contributed by atoms with E-state index in [0.29, 0.717) is 6.42 Å². The summed E-state index contributed by atoms with van der Waals surface area (Å²) in [6.45, 7) is 3.86. The zero-order valence-corrected chi connectivity index (χ0v) is 12.4. The van der Waals surface area contributed by atoms with Crippen LogP contribution < -0.4 is 10.6 Å². The molecule has 0 aliphatic carbocycles. The maximum absolute atomic E-state index is 13.5. The molecule has 2 heterocycles. The maximum Gasteiger partial charge on any atom is 0.123 e. The Labute approximate surface area is 123 Å². The highest BCUT2D eigenvalue weighted by atomic mass is 32.1. The molecule has 0 radical (unpaired) electrons. The number of fused-ring (bicyclic) bond motifs is 1. The van der Waals surface area contributed by atoms with Crippen LogP contribution in [0.1, 0.15) is 22.9 Å². The van der Waals surface area contributed by atoms with Gasteiger partial charge in [0.25, 0.3) is 0 Å². The Morgan fingerprint density at radius 3 is 3.05 bits per heavy atom. The first-order valence-corrected chi connectivity index (χ1v) is 7.85. The highest BCUT2D eigenvalue weighted by Crippen LogP contribution is 2.30. The average Bonchev–Trinajstić information content (AvgIpc) is 2.85. The van der Waals surface area contributed by atoms with E-state index >= 15 is 0 Å². The summed E-state index contributed by atoms with van der Waals surface area (Å²) in [5.74, 6) is -0.183. The van der Waals surface area contributed by atoms with Crippen LogP contribution in [0.3, 0.4) is 0 Å². The van der Waals surface area contributed by atoms with E-state index in [1.165, 1.54) is 10.4 Å². The Morgan fingerprint density at radius 1 is 1.40 bits per heavy atom. The van der Waals surface area contributed by atoms with Crippen molar-refractivity contribution in [2.45, 2.75) is 32.4 Å². The Morgan fingerprint density at radius 2 is 2.25 bits per heavy atom. The van der Waals surface area contributed by atoms with E-state index in [4.69, 9.17) is 5.73 Å². The van der Waals surface area contributed by atoms with Crippen molar-refractivity contribution in [3.05, 3.63) is 51.5 Å². The largest absolute Gasteiger partial charge is 0.367 e. The van der Waals surface area contributed by atoms with Crippen LogP contribution in [0.15, 0.2) is 29.6 Å². The lowest BCUT2D eigenvalue weighted by atomic mass is 10.0. The molecule has 2 aromatic rings. The van der Waals surface area contributed by atoms with Gasteiger partial charge in [-0.1, -0.05) is 0 Å². The Balaban J connectivity index is 1.90. The molecule has 0 amide bonds. The van der Waals surface area contributed by atoms with Gasteiger partial charge in [0.05, 0.1) is 0 Å². The SMILES string of the molecule is CC(N)Cc1cc(F)ccc1N1CCc2sccc2C1. The van der Waals surface area contributed by atoms with E-state index < -0.39 is 0 Å². The first-order chi connectivity index (χ1) is 9.63. The molecule has 1 unspecified atom stereocenters. The van der Waals surface area contributed by atoms with Crippen molar-refractivity contribution in [1.29, 1.82) is 0 Å². The average molecular weight is 290 g/mol. The smallest absolute Gasteiger partial charge is 0.123 e. The third kappa shape index (κ3) is 2.72. The van der Waals surface area contributed by atoms with Crippen molar-refractivity contribution in [2.24, 2.45) is 5.73 Å². The quantitative estimate of drug-likeness (QED) is 0.939. The molecule has 0 saturated carbocycles. The molecular weight excluding hydrogens is 271 g/mol. The summed E-state index contributed by atoms with van der Waals surface area (Å²) in [6.07, 6.45) is 1.78. The van der Waals surface area contributed by atoms with Gasteiger partial charge in [-0.25, -0.2) is 4.39 Å². The lowest BCUT2D eigenvalue weighted by Crippen LogP contribution is -2.31. The molecule has 1 aliphatic heterocycles. The molecular formula is C16H19FN2S. The molecule has 106 valence electrons. The normalized spacial score (nSPS) is 16.1. The molecule has 1 aromatic carbocycles. The minimum atomic E-state index is -0.183. The molecule has 0 saturated heterocycles. The molecule has 1 aliphatic rings. The summed E-state index contributed by atoms with van der Waals surface area (Å²) in [5.41, 5.74) is 9.43. The van der Waals surface area contributed by atoms with Crippen molar-refractivity contribution in [1.82, 2.24) is 0 Å². The van der Waals surface area contributed by atoms with Crippen LogP contribution in [0.4, 0.5) is 10.1 Å². The number of rotatable bonds is 3. The van der Waals surface area contributed by atoms with Gasteiger partial charge in [-0.15, -0.1) is 11.3 Å². The van der Waals surface area contributed by atoms with E-state index in [0.717, 1.165) is 30.8 Å². The van der Waals surface area contributed by atoms with Gasteiger partial charge in [0.1, 0.15) is 5.82 Å². The molecule has 4 heteroatoms. The summed E-state index contributed by atoms with van der Waals surface area (Å²) in [4.78, 5) is 3.82. The lowest BCUT2D eigenvalue weighted by molar-refractivity contribution is 0.621. The predicted octanol–water partition coefficient (Wildman–Crippen LogP) is 3.34. The minimum absolute atomic E-state index is 0.0389. The van der Waals surface area contributed by atoms with Crippen LogP contribution in [0.5, 0.6) is 0 Å². The fourth-order valence-electron chi connectivity index (χ4n) is 2.83. The topological polar surface area (TPSA) is 29.3 Å². The molecule has 0 fully saturated rings. The lowest BCUT2D eigenvalue weighted by Gasteiger charge is -2.31. The standard InChI is InChI=1S/C16H19FN2S/c1-11(18)8-13-9-14(17)2-3-15(13)19-6-4-16-12(10-19)5-7-20-16/h2-3,5,7,9,11H,4,6,8,10,18H2,1H3. The van der Waals surface area contributed by atoms with Crippen molar-refractivity contribution < 1.29 is 4.39 Å². The van der Waals surface area contributed by atoms with Gasteiger partial charge in [-0.2, -0.15) is 0 Å². The highest BCUT2D eigenvalue weighted by Gasteiger charge is 2.20. The van der Waals surface area contributed by atoms with Crippen molar-refractivity contribution in [2.75, 3.05) is 11.4 Å². The molecule has 1 atom stereocenters. The van der Waals surface area contributed by atoms with Crippen LogP contribution >= 0.6 is 11.3 Å². The van der Waals surface area contributed by atoms with E-state index in [2.05, 4.69) is 16.3 Å². The second-order valence-corrected chi connectivity index (χ2v) is 6.50. The van der Waals surface area contributed by atoms with Gasteiger partial charge in [-0.05, 0) is 60.5 Å². The van der Waals surface area contributed by atoms with E-state index in [-0.39, 0.29) is 11.9 Å². The number of halogens is 1. The number of nitrogens with two attached hydrogens (primary N) is 1. The predicted molar refractivity (Wildman–Crippen MR) is 82.8 cm³/mol. The second-order valence-electron chi connectivity index (χ2n) is 5.50. The molecule has 20 heavy (non-hydrogen) atoms. The number of benzene rings is 1. The first-order valence-electron chi connectivity index (χ1n) is 6.97. The Bertz CT molecular complexity index is 606. The zero-order valence-electron chi connectivity index (χ0n) is 11.6. The number of thiophene rings is 1.